The topological polar surface area (TPSA) is 58.6 Å². The van der Waals surface area contributed by atoms with E-state index in [4.69, 9.17) is 16.3 Å². The van der Waals surface area contributed by atoms with E-state index in [1.165, 1.54) is 0 Å². The summed E-state index contributed by atoms with van der Waals surface area (Å²) < 4.78 is 5.39. The van der Waals surface area contributed by atoms with Gasteiger partial charge in [0, 0.05) is 24.7 Å². The summed E-state index contributed by atoms with van der Waals surface area (Å²) >= 11 is 5.85. The smallest absolute Gasteiger partial charge is 0.410 e. The molecular weight excluding hydrogens is 328 g/mol. The Morgan fingerprint density at radius 1 is 1.29 bits per heavy atom. The van der Waals surface area contributed by atoms with E-state index < -0.39 is 5.60 Å². The van der Waals surface area contributed by atoms with Crippen molar-refractivity contribution < 1.29 is 14.3 Å². The summed E-state index contributed by atoms with van der Waals surface area (Å²) in [5.41, 5.74) is 0.466. The molecule has 1 aliphatic rings. The zero-order chi connectivity index (χ0) is 17.7. The maximum Gasteiger partial charge on any atom is 0.410 e. The molecule has 0 bridgehead atoms. The second kappa shape index (κ2) is 7.88. The van der Waals surface area contributed by atoms with Crippen LogP contribution < -0.4 is 5.32 Å². The van der Waals surface area contributed by atoms with Crippen molar-refractivity contribution >= 4 is 23.6 Å². The van der Waals surface area contributed by atoms with E-state index in [1.807, 2.05) is 32.9 Å². The third-order valence-electron chi connectivity index (χ3n) is 3.82. The van der Waals surface area contributed by atoms with Crippen LogP contribution in [0.1, 0.15) is 39.2 Å². The highest BCUT2D eigenvalue weighted by atomic mass is 35.5. The minimum absolute atomic E-state index is 0.0294. The van der Waals surface area contributed by atoms with Crippen molar-refractivity contribution in [3.8, 4) is 0 Å². The molecule has 0 aliphatic carbocycles. The van der Waals surface area contributed by atoms with E-state index in [0.29, 0.717) is 24.7 Å². The number of hydrogen-bond acceptors (Lipinski definition) is 3. The van der Waals surface area contributed by atoms with E-state index in [1.54, 1.807) is 17.0 Å². The van der Waals surface area contributed by atoms with Crippen LogP contribution in [-0.4, -0.2) is 35.6 Å². The summed E-state index contributed by atoms with van der Waals surface area (Å²) in [6, 6.07) is 7.37. The van der Waals surface area contributed by atoms with E-state index in [2.05, 4.69) is 5.32 Å². The molecule has 24 heavy (non-hydrogen) atoms. The largest absolute Gasteiger partial charge is 0.444 e. The van der Waals surface area contributed by atoms with Gasteiger partial charge in [0.05, 0.1) is 5.92 Å². The molecule has 1 aromatic rings. The summed E-state index contributed by atoms with van der Waals surface area (Å²) in [5.74, 6) is -0.225. The lowest BCUT2D eigenvalue weighted by Crippen LogP contribution is -2.46. The van der Waals surface area contributed by atoms with Crippen LogP contribution in [0, 0.1) is 5.92 Å². The Balaban J connectivity index is 1.85. The van der Waals surface area contributed by atoms with Crippen LogP contribution in [0.4, 0.5) is 4.79 Å². The van der Waals surface area contributed by atoms with Gasteiger partial charge in [0.1, 0.15) is 5.60 Å². The standard InChI is InChI=1S/C18H25ClN2O3/c1-18(2,3)24-17(23)21-10-4-5-14(12-21)16(22)20-11-13-6-8-15(19)9-7-13/h6-9,14H,4-5,10-12H2,1-3H3,(H,20,22)/t14-/m0/s1. The number of amides is 2. The van der Waals surface area contributed by atoms with Gasteiger partial charge in [-0.2, -0.15) is 0 Å². The Bertz CT molecular complexity index is 581. The van der Waals surface area contributed by atoms with Crippen molar-refractivity contribution in [1.29, 1.82) is 0 Å². The first-order chi connectivity index (χ1) is 11.2. The SMILES string of the molecule is CC(C)(C)OC(=O)N1CCC[C@H](C(=O)NCc2ccc(Cl)cc2)C1. The fourth-order valence-electron chi connectivity index (χ4n) is 2.62. The lowest BCUT2D eigenvalue weighted by Gasteiger charge is -2.33. The van der Waals surface area contributed by atoms with Gasteiger partial charge in [0.2, 0.25) is 5.91 Å². The Hall–Kier alpha value is -1.75. The minimum atomic E-state index is -0.527. The van der Waals surface area contributed by atoms with Gasteiger partial charge in [-0.25, -0.2) is 4.79 Å². The Labute approximate surface area is 148 Å². The number of carbonyl (C=O) groups is 2. The Kier molecular flexibility index (Phi) is 6.10. The normalized spacial score (nSPS) is 18.2. The molecule has 1 fully saturated rings. The molecule has 5 nitrogen and oxygen atoms in total. The number of carbonyl (C=O) groups excluding carboxylic acids is 2. The van der Waals surface area contributed by atoms with Crippen LogP contribution in [0.2, 0.25) is 5.02 Å². The summed E-state index contributed by atoms with van der Waals surface area (Å²) in [5, 5.41) is 3.61. The molecule has 0 unspecified atom stereocenters. The first-order valence-electron chi connectivity index (χ1n) is 8.25. The molecule has 0 spiro atoms. The lowest BCUT2D eigenvalue weighted by atomic mass is 9.97. The summed E-state index contributed by atoms with van der Waals surface area (Å²) in [6.07, 6.45) is 1.24. The van der Waals surface area contributed by atoms with Crippen LogP contribution in [0.25, 0.3) is 0 Å². The molecule has 1 N–H and O–H groups in total. The molecule has 1 aliphatic heterocycles. The summed E-state index contributed by atoms with van der Waals surface area (Å²) in [4.78, 5) is 26.2. The minimum Gasteiger partial charge on any atom is -0.444 e. The van der Waals surface area contributed by atoms with Crippen LogP contribution in [0.5, 0.6) is 0 Å². The molecule has 132 valence electrons. The number of ether oxygens (including phenoxy) is 1. The molecule has 1 heterocycles. The van der Waals surface area contributed by atoms with Crippen LogP contribution in [0.15, 0.2) is 24.3 Å². The third kappa shape index (κ3) is 5.71. The molecule has 1 aromatic carbocycles. The van der Waals surface area contributed by atoms with Crippen molar-refractivity contribution in [2.24, 2.45) is 5.92 Å². The van der Waals surface area contributed by atoms with Crippen molar-refractivity contribution in [3.05, 3.63) is 34.9 Å². The number of nitrogens with zero attached hydrogens (tertiary/aromatic N) is 1. The van der Waals surface area contributed by atoms with E-state index in [-0.39, 0.29) is 17.9 Å². The van der Waals surface area contributed by atoms with Crippen molar-refractivity contribution in [2.45, 2.75) is 45.8 Å². The number of nitrogens with one attached hydrogen (secondary N) is 1. The molecule has 1 saturated heterocycles. The molecule has 2 rings (SSSR count). The van der Waals surface area contributed by atoms with E-state index >= 15 is 0 Å². The van der Waals surface area contributed by atoms with Gasteiger partial charge in [-0.3, -0.25) is 4.79 Å². The third-order valence-corrected chi connectivity index (χ3v) is 4.08. The number of piperidine rings is 1. The first kappa shape index (κ1) is 18.6. The van der Waals surface area contributed by atoms with E-state index in [9.17, 15) is 9.59 Å². The molecule has 0 aromatic heterocycles. The predicted molar refractivity (Wildman–Crippen MR) is 93.8 cm³/mol. The molecule has 6 heteroatoms. The quantitative estimate of drug-likeness (QED) is 0.904. The number of halogens is 1. The monoisotopic (exact) mass is 352 g/mol. The molecule has 1 atom stereocenters. The molecular formula is C18H25ClN2O3. The fraction of sp³-hybridized carbons (Fsp3) is 0.556. The van der Waals surface area contributed by atoms with E-state index in [0.717, 1.165) is 18.4 Å². The van der Waals surface area contributed by atoms with Gasteiger partial charge >= 0.3 is 6.09 Å². The zero-order valence-corrected chi connectivity index (χ0v) is 15.2. The maximum absolute atomic E-state index is 12.4. The number of hydrogen-bond donors (Lipinski definition) is 1. The summed E-state index contributed by atoms with van der Waals surface area (Å²) in [7, 11) is 0. The van der Waals surface area contributed by atoms with Crippen LogP contribution in [0.3, 0.4) is 0 Å². The first-order valence-corrected chi connectivity index (χ1v) is 8.62. The predicted octanol–water partition coefficient (Wildman–Crippen LogP) is 3.60. The van der Waals surface area contributed by atoms with Crippen molar-refractivity contribution in [1.82, 2.24) is 10.2 Å². The maximum atomic E-state index is 12.4. The highest BCUT2D eigenvalue weighted by Gasteiger charge is 2.30. The number of benzene rings is 1. The van der Waals surface area contributed by atoms with Crippen molar-refractivity contribution in [3.63, 3.8) is 0 Å². The van der Waals surface area contributed by atoms with Crippen LogP contribution in [-0.2, 0) is 16.1 Å². The average Bonchev–Trinajstić information content (AvgIpc) is 2.52. The molecule has 0 saturated carbocycles. The Morgan fingerprint density at radius 2 is 1.96 bits per heavy atom. The zero-order valence-electron chi connectivity index (χ0n) is 14.5. The van der Waals surface area contributed by atoms with Gasteiger partial charge in [-0.05, 0) is 51.3 Å². The van der Waals surface area contributed by atoms with Gasteiger partial charge < -0.3 is 15.0 Å². The van der Waals surface area contributed by atoms with Gasteiger partial charge in [-0.1, -0.05) is 23.7 Å². The molecule has 0 radical (unpaired) electrons. The second-order valence-corrected chi connectivity index (χ2v) is 7.55. The van der Waals surface area contributed by atoms with Crippen LogP contribution >= 0.6 is 11.6 Å². The fourth-order valence-corrected chi connectivity index (χ4v) is 2.75. The average molecular weight is 353 g/mol. The lowest BCUT2D eigenvalue weighted by molar-refractivity contribution is -0.126. The van der Waals surface area contributed by atoms with Crippen molar-refractivity contribution in [2.75, 3.05) is 13.1 Å². The second-order valence-electron chi connectivity index (χ2n) is 7.11. The molecule has 2 amide bonds. The van der Waals surface area contributed by atoms with Gasteiger partial charge in [0.15, 0.2) is 0 Å². The van der Waals surface area contributed by atoms with Gasteiger partial charge in [0.25, 0.3) is 0 Å². The Morgan fingerprint density at radius 3 is 2.58 bits per heavy atom. The van der Waals surface area contributed by atoms with Gasteiger partial charge in [-0.15, -0.1) is 0 Å². The number of likely N-dealkylation sites (tertiary alicyclic amines) is 1. The highest BCUT2D eigenvalue weighted by Crippen LogP contribution is 2.20. The number of rotatable bonds is 3. The highest BCUT2D eigenvalue weighted by molar-refractivity contribution is 6.30. The summed E-state index contributed by atoms with van der Waals surface area (Å²) in [6.45, 7) is 7.01.